The molecule has 4 aromatic heterocycles. The maximum Gasteiger partial charge on any atom is 0.263 e. The van der Waals surface area contributed by atoms with Crippen LogP contribution < -0.4 is 24.6 Å². The van der Waals surface area contributed by atoms with Gasteiger partial charge in [0.15, 0.2) is 24.0 Å². The minimum atomic E-state index is -4.03. The van der Waals surface area contributed by atoms with Crippen LogP contribution in [0.1, 0.15) is 41.4 Å². The maximum absolute atomic E-state index is 13.5. The van der Waals surface area contributed by atoms with Crippen molar-refractivity contribution in [3.05, 3.63) is 163 Å². The number of benzene rings is 4. The third-order valence-electron chi connectivity index (χ3n) is 11.7. The standard InChI is InChI=1S/C47H38N10O6S2/c1-28-26-57(27-33-5-11-35(20-39(28)33)52-47(59)43-23-41(43)29-6-12-37(13-7-29)64(60,61)55-44-3-2-17-49-53-44)36-21-45(54-50-25-36)56-65(62,63)38-14-8-30(9-15-38)40-22-42(40)46(58)51-34-10-4-32-24-48-18-16-31(32)19-34/h2-21,24-27,40-43H,22-23H2,1H3,(H3,48,51,53,54,55,56,58)/p+1/t40?,41?,42-,43-/m1/s1. The minimum Gasteiger partial charge on any atom is -0.326 e. The Balaban J connectivity index is 0.754. The van der Waals surface area contributed by atoms with E-state index in [1.54, 1.807) is 48.8 Å². The van der Waals surface area contributed by atoms with Gasteiger partial charge in [0.05, 0.1) is 15.9 Å². The number of aryl methyl sites for hydroxylation is 1. The molecule has 0 radical (unpaired) electrons. The summed E-state index contributed by atoms with van der Waals surface area (Å²) in [5, 5.41) is 25.4. The minimum absolute atomic E-state index is 0.0102. The third kappa shape index (κ3) is 8.81. The number of nitrogens with one attached hydrogen (secondary N) is 4. The molecule has 2 fully saturated rings. The van der Waals surface area contributed by atoms with E-state index in [1.807, 2.05) is 66.3 Å². The lowest BCUT2D eigenvalue weighted by Crippen LogP contribution is -2.31. The van der Waals surface area contributed by atoms with Gasteiger partial charge in [0.1, 0.15) is 6.20 Å². The molecule has 0 saturated heterocycles. The molecule has 2 aliphatic carbocycles. The molecule has 2 amide bonds. The van der Waals surface area contributed by atoms with Crippen LogP contribution in [0.3, 0.4) is 0 Å². The quantitative estimate of drug-likeness (QED) is 0.0899. The van der Waals surface area contributed by atoms with Crippen molar-refractivity contribution in [1.29, 1.82) is 0 Å². The highest BCUT2D eigenvalue weighted by atomic mass is 32.2. The SMILES string of the molecule is Cc1c[n+](-c2cnnc(NS(=O)(=O)c3ccc(C4C[C@H]4C(=O)Nc4ccc5cnccc5c4)cc3)c2)cc2ccc(NC(=O)[C@@H]3CC3c3ccc(S(=O)(=O)Nc4cccnn4)cc3)cc12. The molecule has 2 aliphatic rings. The molecule has 0 aliphatic heterocycles. The molecule has 0 bridgehead atoms. The highest BCUT2D eigenvalue weighted by Crippen LogP contribution is 2.49. The van der Waals surface area contributed by atoms with Crippen LogP contribution in [-0.2, 0) is 29.6 Å². The number of carbonyl (C=O) groups is 2. The topological polar surface area (TPSA) is 219 Å². The molecule has 4 aromatic carbocycles. The molecule has 4 N–H and O–H groups in total. The smallest absolute Gasteiger partial charge is 0.263 e. The third-order valence-corrected chi connectivity index (χ3v) is 14.5. The van der Waals surface area contributed by atoms with E-state index >= 15 is 0 Å². The first-order valence-electron chi connectivity index (χ1n) is 20.6. The van der Waals surface area contributed by atoms with Gasteiger partial charge in [0.2, 0.25) is 17.5 Å². The van der Waals surface area contributed by atoms with Crippen LogP contribution in [-0.4, -0.2) is 54.0 Å². The average molecular weight is 904 g/mol. The van der Waals surface area contributed by atoms with Crippen LogP contribution in [0.15, 0.2) is 156 Å². The average Bonchev–Trinajstić information content (AvgIpc) is 4.25. The van der Waals surface area contributed by atoms with Crippen LogP contribution in [0.25, 0.3) is 27.2 Å². The summed E-state index contributed by atoms with van der Waals surface area (Å²) < 4.78 is 59.3. The molecule has 65 heavy (non-hydrogen) atoms. The highest BCUT2D eigenvalue weighted by Gasteiger charge is 2.45. The number of rotatable bonds is 13. The number of fused-ring (bicyclic) bond motifs is 2. The van der Waals surface area contributed by atoms with Crippen LogP contribution in [0.2, 0.25) is 0 Å². The fraction of sp³-hybridized carbons (Fsp3) is 0.149. The number of aromatic nitrogens is 6. The normalized spacial score (nSPS) is 17.9. The Kier molecular flexibility index (Phi) is 10.5. The maximum atomic E-state index is 13.5. The van der Waals surface area contributed by atoms with Gasteiger partial charge >= 0.3 is 0 Å². The van der Waals surface area contributed by atoms with E-state index in [0.29, 0.717) is 29.9 Å². The van der Waals surface area contributed by atoms with Crippen LogP contribution >= 0.6 is 0 Å². The van der Waals surface area contributed by atoms with E-state index in [1.165, 1.54) is 42.7 Å². The first-order chi connectivity index (χ1) is 31.4. The van der Waals surface area contributed by atoms with E-state index in [4.69, 9.17) is 0 Å². The van der Waals surface area contributed by atoms with Gasteiger partial charge in [0.25, 0.3) is 20.0 Å². The summed E-state index contributed by atoms with van der Waals surface area (Å²) in [7, 11) is -7.88. The zero-order valence-electron chi connectivity index (χ0n) is 34.5. The van der Waals surface area contributed by atoms with Gasteiger partial charge in [-0.25, -0.2) is 16.8 Å². The summed E-state index contributed by atoms with van der Waals surface area (Å²) in [5.41, 5.74) is 4.58. The molecule has 2 saturated carbocycles. The van der Waals surface area contributed by atoms with Gasteiger partial charge in [-0.3, -0.25) is 24.0 Å². The fourth-order valence-corrected chi connectivity index (χ4v) is 10.1. The zero-order valence-corrected chi connectivity index (χ0v) is 36.2. The number of amides is 2. The fourth-order valence-electron chi connectivity index (χ4n) is 8.12. The first kappa shape index (κ1) is 41.3. The van der Waals surface area contributed by atoms with Gasteiger partial charge in [-0.15, -0.1) is 15.3 Å². The van der Waals surface area contributed by atoms with E-state index in [9.17, 15) is 26.4 Å². The van der Waals surface area contributed by atoms with Gasteiger partial charge in [-0.1, -0.05) is 30.3 Å². The highest BCUT2D eigenvalue weighted by molar-refractivity contribution is 7.93. The van der Waals surface area contributed by atoms with Gasteiger partial charge in [-0.2, -0.15) is 9.67 Å². The summed E-state index contributed by atoms with van der Waals surface area (Å²) in [6, 6.07) is 30.9. The number of anilines is 4. The molecule has 8 aromatic rings. The van der Waals surface area contributed by atoms with Crippen LogP contribution in [0.5, 0.6) is 0 Å². The van der Waals surface area contributed by atoms with Crippen molar-refractivity contribution < 1.29 is 31.0 Å². The van der Waals surface area contributed by atoms with Crippen molar-refractivity contribution in [3.8, 4) is 5.69 Å². The number of sulfonamides is 2. The summed E-state index contributed by atoms with van der Waals surface area (Å²) >= 11 is 0. The van der Waals surface area contributed by atoms with Gasteiger partial charge in [0, 0.05) is 58.1 Å². The number of hydrogen-bond donors (Lipinski definition) is 4. The van der Waals surface area contributed by atoms with E-state index < -0.39 is 20.0 Å². The van der Waals surface area contributed by atoms with E-state index in [2.05, 4.69) is 45.5 Å². The lowest BCUT2D eigenvalue weighted by molar-refractivity contribution is -0.594. The van der Waals surface area contributed by atoms with Crippen LogP contribution in [0, 0.1) is 18.8 Å². The van der Waals surface area contributed by atoms with Gasteiger partial charge in [-0.05, 0) is 126 Å². The monoisotopic (exact) mass is 903 g/mol. The molecule has 4 atom stereocenters. The molecule has 0 spiro atoms. The summed E-state index contributed by atoms with van der Waals surface area (Å²) in [5.74, 6) is -0.563. The summed E-state index contributed by atoms with van der Waals surface area (Å²) in [6.07, 6.45) is 11.5. The van der Waals surface area contributed by atoms with E-state index in [-0.39, 0.29) is 56.9 Å². The lowest BCUT2D eigenvalue weighted by Gasteiger charge is -2.10. The number of nitrogens with zero attached hydrogens (tertiary/aromatic N) is 6. The number of carbonyl (C=O) groups excluding carboxylic acids is 2. The van der Waals surface area contributed by atoms with Crippen molar-refractivity contribution in [2.45, 2.75) is 41.4 Å². The molecular weight excluding hydrogens is 865 g/mol. The largest absolute Gasteiger partial charge is 0.326 e. The second-order valence-electron chi connectivity index (χ2n) is 16.2. The lowest BCUT2D eigenvalue weighted by atomic mass is 10.1. The van der Waals surface area contributed by atoms with Crippen molar-refractivity contribution in [3.63, 3.8) is 0 Å². The Labute approximate surface area is 373 Å². The Bertz CT molecular complexity index is 3400. The second kappa shape index (κ2) is 16.5. The molecule has 4 heterocycles. The molecule has 16 nitrogen and oxygen atoms in total. The molecular formula is C47H39N10O6S2+. The van der Waals surface area contributed by atoms with Crippen molar-refractivity contribution in [1.82, 2.24) is 25.4 Å². The van der Waals surface area contributed by atoms with Crippen molar-refractivity contribution in [2.24, 2.45) is 11.8 Å². The molecule has 10 rings (SSSR count). The predicted octanol–water partition coefficient (Wildman–Crippen LogP) is 6.64. The Morgan fingerprint density at radius 3 is 1.83 bits per heavy atom. The summed E-state index contributed by atoms with van der Waals surface area (Å²) in [4.78, 5) is 30.6. The Morgan fingerprint density at radius 2 is 1.20 bits per heavy atom. The van der Waals surface area contributed by atoms with Gasteiger partial charge < -0.3 is 10.6 Å². The second-order valence-corrected chi connectivity index (χ2v) is 19.6. The first-order valence-corrected chi connectivity index (χ1v) is 23.6. The molecule has 18 heteroatoms. The van der Waals surface area contributed by atoms with Crippen LogP contribution in [0.4, 0.5) is 23.0 Å². The molecule has 2 unspecified atom stereocenters. The van der Waals surface area contributed by atoms with Crippen molar-refractivity contribution in [2.75, 3.05) is 20.1 Å². The van der Waals surface area contributed by atoms with E-state index in [0.717, 1.165) is 38.2 Å². The number of pyridine rings is 2. The Hall–Kier alpha value is -7.70. The molecule has 324 valence electrons. The number of hydrogen-bond acceptors (Lipinski definition) is 11. The predicted molar refractivity (Wildman–Crippen MR) is 243 cm³/mol. The van der Waals surface area contributed by atoms with Crippen molar-refractivity contribution >= 4 is 76.4 Å². The Morgan fingerprint density at radius 1 is 0.600 bits per heavy atom. The summed E-state index contributed by atoms with van der Waals surface area (Å²) in [6.45, 7) is 1.94. The zero-order chi connectivity index (χ0) is 44.9.